The number of halogens is 1. The Balaban J connectivity index is 1.62. The number of anilines is 2. The number of nitrogens with zero attached hydrogens (tertiary/aromatic N) is 6. The second kappa shape index (κ2) is 9.68. The number of fused-ring (bicyclic) bond motifs is 1. The Bertz CT molecular complexity index is 1520. The molecule has 5 rings (SSSR count). The molecule has 0 bridgehead atoms. The van der Waals surface area contributed by atoms with E-state index in [2.05, 4.69) is 22.2 Å². The van der Waals surface area contributed by atoms with Crippen molar-refractivity contribution in [3.8, 4) is 5.69 Å². The van der Waals surface area contributed by atoms with E-state index >= 15 is 0 Å². The third kappa shape index (κ3) is 4.08. The molecule has 3 aromatic heterocycles. The summed E-state index contributed by atoms with van der Waals surface area (Å²) in [5.41, 5.74) is 7.12. The van der Waals surface area contributed by atoms with Crippen LogP contribution in [0.25, 0.3) is 11.2 Å². The van der Waals surface area contributed by atoms with E-state index in [0.717, 1.165) is 0 Å². The summed E-state index contributed by atoms with van der Waals surface area (Å²) in [6.07, 6.45) is 3.52. The molecule has 1 aromatic carbocycles. The Morgan fingerprint density at radius 3 is 2.64 bits per heavy atom. The first kappa shape index (κ1) is 24.5. The Morgan fingerprint density at radius 1 is 1.22 bits per heavy atom. The van der Waals surface area contributed by atoms with Gasteiger partial charge in [-0.15, -0.1) is 5.10 Å². The number of nitrogens with two attached hydrogens (primary N) is 1. The lowest BCUT2D eigenvalue weighted by atomic mass is 10.0. The van der Waals surface area contributed by atoms with Crippen LogP contribution in [0.4, 0.5) is 11.6 Å². The van der Waals surface area contributed by atoms with E-state index in [-0.39, 0.29) is 34.1 Å². The highest BCUT2D eigenvalue weighted by Gasteiger charge is 2.41. The Kier molecular flexibility index (Phi) is 6.58. The van der Waals surface area contributed by atoms with E-state index in [1.165, 1.54) is 28.0 Å². The van der Waals surface area contributed by atoms with E-state index in [0.29, 0.717) is 38.9 Å². The maximum Gasteiger partial charge on any atom is 0.284 e. The van der Waals surface area contributed by atoms with E-state index < -0.39 is 0 Å². The average molecular weight is 543 g/mol. The highest BCUT2D eigenvalue weighted by atomic mass is 35.5. The summed E-state index contributed by atoms with van der Waals surface area (Å²) in [5, 5.41) is 8.49. The maximum absolute atomic E-state index is 13.6. The number of carbonyl (C=O) groups is 1. The summed E-state index contributed by atoms with van der Waals surface area (Å²) in [6.45, 7) is 2.75. The van der Waals surface area contributed by atoms with Crippen LogP contribution in [0.2, 0.25) is 5.02 Å². The molecule has 1 amide bonds. The van der Waals surface area contributed by atoms with Crippen molar-refractivity contribution in [2.24, 2.45) is 5.92 Å². The third-order valence-electron chi connectivity index (χ3n) is 5.93. The zero-order valence-electron chi connectivity index (χ0n) is 19.7. The van der Waals surface area contributed by atoms with Crippen LogP contribution in [0, 0.1) is 5.92 Å². The summed E-state index contributed by atoms with van der Waals surface area (Å²) in [6, 6.07) is 11.0. The minimum absolute atomic E-state index is 0.120. The van der Waals surface area contributed by atoms with Crippen LogP contribution in [0.3, 0.4) is 0 Å². The van der Waals surface area contributed by atoms with Gasteiger partial charge in [-0.2, -0.15) is 0 Å². The number of hydrogen-bond donors (Lipinski definition) is 2. The predicted molar refractivity (Wildman–Crippen MR) is 144 cm³/mol. The van der Waals surface area contributed by atoms with E-state index in [9.17, 15) is 9.59 Å². The zero-order chi connectivity index (χ0) is 25.6. The molecule has 0 saturated carbocycles. The van der Waals surface area contributed by atoms with Crippen molar-refractivity contribution >= 4 is 58.2 Å². The Labute approximate surface area is 220 Å². The van der Waals surface area contributed by atoms with Crippen molar-refractivity contribution in [1.82, 2.24) is 29.5 Å². The van der Waals surface area contributed by atoms with Crippen molar-refractivity contribution in [3.63, 3.8) is 0 Å². The van der Waals surface area contributed by atoms with Gasteiger partial charge in [0.2, 0.25) is 0 Å². The molecular formula is C23H23ClN8O2S2. The summed E-state index contributed by atoms with van der Waals surface area (Å²) in [7, 11) is 1.54. The first-order chi connectivity index (χ1) is 17.3. The van der Waals surface area contributed by atoms with Gasteiger partial charge in [-0.1, -0.05) is 60.2 Å². The lowest BCUT2D eigenvalue weighted by molar-refractivity contribution is 0.0963. The van der Waals surface area contributed by atoms with Gasteiger partial charge in [0, 0.05) is 25.7 Å². The highest BCUT2D eigenvalue weighted by Crippen LogP contribution is 2.42. The second-order valence-electron chi connectivity index (χ2n) is 8.23. The molecule has 3 N–H and O–H groups in total. The molecule has 1 aliphatic rings. The standard InChI is InChI=1S/C23H23ClN8O2S2/c1-12-11-30(18-15(19(33)26-2)17(25)27-22(28-18)35-3)21(12)36-23-29-31-10-9-14(24)16(31)20(34)32(23)13-7-5-4-6-8-13/h4-10,12,21H,11H2,1-3H3,(H,26,33)(H2,25,27,28)/t12-,21?/m0/s1. The number of thioether (sulfide) groups is 2. The lowest BCUT2D eigenvalue weighted by Crippen LogP contribution is -2.54. The van der Waals surface area contributed by atoms with Crippen LogP contribution in [0.15, 0.2) is 57.7 Å². The minimum atomic E-state index is -0.360. The minimum Gasteiger partial charge on any atom is -0.383 e. The monoisotopic (exact) mass is 542 g/mol. The fraction of sp³-hybridized carbons (Fsp3) is 0.261. The quantitative estimate of drug-likeness (QED) is 0.279. The number of amides is 1. The van der Waals surface area contributed by atoms with Crippen LogP contribution in [0.5, 0.6) is 0 Å². The topological polar surface area (TPSA) is 123 Å². The molecule has 2 atom stereocenters. The summed E-state index contributed by atoms with van der Waals surface area (Å²) in [5.74, 6) is 0.433. The van der Waals surface area contributed by atoms with E-state index in [1.54, 1.807) is 23.9 Å². The van der Waals surface area contributed by atoms with E-state index in [1.807, 2.05) is 41.5 Å². The van der Waals surface area contributed by atoms with Gasteiger partial charge in [0.05, 0.1) is 16.1 Å². The zero-order valence-corrected chi connectivity index (χ0v) is 22.1. The van der Waals surface area contributed by atoms with Gasteiger partial charge in [0.15, 0.2) is 10.3 Å². The second-order valence-corrected chi connectivity index (χ2v) is 10.5. The molecule has 4 heterocycles. The normalized spacial score (nSPS) is 17.3. The number of hydrogen-bond acceptors (Lipinski definition) is 9. The molecule has 1 saturated heterocycles. The number of nitrogen functional groups attached to an aromatic ring is 1. The number of aromatic nitrogens is 5. The van der Waals surface area contributed by atoms with Gasteiger partial charge in [0.1, 0.15) is 22.7 Å². The van der Waals surface area contributed by atoms with Gasteiger partial charge in [-0.3, -0.25) is 14.2 Å². The van der Waals surface area contributed by atoms with Crippen LogP contribution in [-0.4, -0.2) is 55.3 Å². The fourth-order valence-electron chi connectivity index (χ4n) is 4.15. The fourth-order valence-corrected chi connectivity index (χ4v) is 6.02. The van der Waals surface area contributed by atoms with Crippen molar-refractivity contribution in [1.29, 1.82) is 0 Å². The van der Waals surface area contributed by atoms with Crippen LogP contribution >= 0.6 is 35.1 Å². The number of carbonyl (C=O) groups excluding carboxylic acids is 1. The summed E-state index contributed by atoms with van der Waals surface area (Å²) >= 11 is 9.08. The van der Waals surface area contributed by atoms with Gasteiger partial charge < -0.3 is 16.0 Å². The SMILES string of the molecule is CNC(=O)c1c(N)nc(SC)nc1N1C[C@H](C)C1Sc1nn2ccc(Cl)c2c(=O)n1-c1ccccc1. The van der Waals surface area contributed by atoms with Crippen molar-refractivity contribution in [2.45, 2.75) is 22.6 Å². The molecule has 13 heteroatoms. The molecule has 0 radical (unpaired) electrons. The smallest absolute Gasteiger partial charge is 0.284 e. The summed E-state index contributed by atoms with van der Waals surface area (Å²) < 4.78 is 3.07. The van der Waals surface area contributed by atoms with Crippen molar-refractivity contribution < 1.29 is 4.79 Å². The Hall–Kier alpha value is -3.22. The first-order valence-electron chi connectivity index (χ1n) is 11.1. The van der Waals surface area contributed by atoms with Crippen molar-refractivity contribution in [2.75, 3.05) is 30.5 Å². The van der Waals surface area contributed by atoms with Crippen LogP contribution in [-0.2, 0) is 0 Å². The Morgan fingerprint density at radius 2 is 1.97 bits per heavy atom. The number of nitrogens with one attached hydrogen (secondary N) is 1. The van der Waals surface area contributed by atoms with Gasteiger partial charge >= 0.3 is 0 Å². The molecule has 10 nitrogen and oxygen atoms in total. The predicted octanol–water partition coefficient (Wildman–Crippen LogP) is 3.17. The van der Waals surface area contributed by atoms with Gasteiger partial charge in [-0.05, 0) is 24.5 Å². The molecule has 4 aromatic rings. The summed E-state index contributed by atoms with van der Waals surface area (Å²) in [4.78, 5) is 37.1. The van der Waals surface area contributed by atoms with E-state index in [4.69, 9.17) is 22.4 Å². The average Bonchev–Trinajstić information content (AvgIpc) is 3.26. The molecule has 1 fully saturated rings. The largest absolute Gasteiger partial charge is 0.383 e. The van der Waals surface area contributed by atoms with Gasteiger partial charge in [0.25, 0.3) is 11.5 Å². The molecule has 1 aliphatic heterocycles. The van der Waals surface area contributed by atoms with Crippen LogP contribution < -0.4 is 21.5 Å². The molecular weight excluding hydrogens is 520 g/mol. The highest BCUT2D eigenvalue weighted by molar-refractivity contribution is 8.00. The first-order valence-corrected chi connectivity index (χ1v) is 13.5. The number of rotatable bonds is 6. The maximum atomic E-state index is 13.6. The molecule has 0 spiro atoms. The number of para-hydroxylation sites is 1. The lowest BCUT2D eigenvalue weighted by Gasteiger charge is -2.47. The van der Waals surface area contributed by atoms with Gasteiger partial charge in [-0.25, -0.2) is 14.5 Å². The molecule has 186 valence electrons. The van der Waals surface area contributed by atoms with Crippen LogP contribution in [0.1, 0.15) is 17.3 Å². The molecule has 36 heavy (non-hydrogen) atoms. The number of benzene rings is 1. The molecule has 0 aliphatic carbocycles. The molecule has 1 unspecified atom stereocenters. The third-order valence-corrected chi connectivity index (χ3v) is 8.22. The van der Waals surface area contributed by atoms with Crippen molar-refractivity contribution in [3.05, 3.63) is 63.5 Å².